The topological polar surface area (TPSA) is 69.0 Å². The first-order chi connectivity index (χ1) is 11.9. The van der Waals surface area contributed by atoms with Gasteiger partial charge in [-0.25, -0.2) is 8.42 Å². The van der Waals surface area contributed by atoms with E-state index in [4.69, 9.17) is 0 Å². The zero-order chi connectivity index (χ0) is 17.8. The average molecular weight is 356 g/mol. The van der Waals surface area contributed by atoms with E-state index in [-0.39, 0.29) is 23.3 Å². The maximum Gasteiger partial charge on any atom is 0.189 e. The van der Waals surface area contributed by atoms with E-state index in [1.54, 1.807) is 0 Å². The third-order valence-corrected chi connectivity index (χ3v) is 6.94. The number of hydrogen-bond acceptors (Lipinski definition) is 4. The van der Waals surface area contributed by atoms with Gasteiger partial charge in [0.05, 0.1) is 23.2 Å². The number of allylic oxidation sites excluding steroid dienone is 1. The Labute approximate surface area is 147 Å². The molecule has 0 N–H and O–H groups in total. The first-order valence-corrected chi connectivity index (χ1v) is 10.3. The molecule has 25 heavy (non-hydrogen) atoms. The molecule has 0 saturated carbocycles. The summed E-state index contributed by atoms with van der Waals surface area (Å²) in [5.74, 6) is 0.445. The Hall–Kier alpha value is -2.21. The maximum atomic E-state index is 12.6. The molecule has 1 aliphatic heterocycles. The summed E-state index contributed by atoms with van der Waals surface area (Å²) in [4.78, 5) is 12.6. The summed E-state index contributed by atoms with van der Waals surface area (Å²) in [6, 6.07) is 7.58. The predicted molar refractivity (Wildman–Crippen MR) is 96.5 cm³/mol. The molecule has 2 aliphatic rings. The summed E-state index contributed by atoms with van der Waals surface area (Å²) in [6.45, 7) is 3.86. The van der Waals surface area contributed by atoms with E-state index < -0.39 is 9.84 Å². The van der Waals surface area contributed by atoms with Crippen LogP contribution in [0.4, 0.5) is 0 Å². The molecule has 0 spiro atoms. The molecule has 1 saturated heterocycles. The third kappa shape index (κ3) is 2.74. The highest BCUT2D eigenvalue weighted by molar-refractivity contribution is 7.91. The normalized spacial score (nSPS) is 23.4. The highest BCUT2D eigenvalue weighted by Crippen LogP contribution is 2.31. The van der Waals surface area contributed by atoms with Gasteiger partial charge in [0, 0.05) is 28.8 Å². The number of aromatic nitrogens is 2. The van der Waals surface area contributed by atoms with Gasteiger partial charge in [0.15, 0.2) is 15.6 Å². The lowest BCUT2D eigenvalue weighted by molar-refractivity contribution is 0.104. The maximum absolute atomic E-state index is 12.6. The van der Waals surface area contributed by atoms with Gasteiger partial charge in [-0.05, 0) is 31.9 Å². The summed E-state index contributed by atoms with van der Waals surface area (Å²) in [7, 11) is -2.96. The molecule has 130 valence electrons. The van der Waals surface area contributed by atoms with Gasteiger partial charge in [-0.15, -0.1) is 0 Å². The van der Waals surface area contributed by atoms with Crippen LogP contribution in [0.3, 0.4) is 0 Å². The fourth-order valence-corrected chi connectivity index (χ4v) is 5.55. The molecule has 1 atom stereocenters. The van der Waals surface area contributed by atoms with Crippen molar-refractivity contribution in [3.8, 4) is 0 Å². The summed E-state index contributed by atoms with van der Waals surface area (Å²) in [5, 5.41) is 4.57. The van der Waals surface area contributed by atoms with Crippen LogP contribution in [0.2, 0.25) is 0 Å². The Morgan fingerprint density at radius 1 is 1.24 bits per heavy atom. The number of carbonyl (C=O) groups excluding carboxylic acids is 1. The summed E-state index contributed by atoms with van der Waals surface area (Å²) in [5.41, 5.74) is 5.29. The van der Waals surface area contributed by atoms with Crippen molar-refractivity contribution >= 4 is 21.7 Å². The first kappa shape index (κ1) is 16.3. The van der Waals surface area contributed by atoms with Gasteiger partial charge in [-0.3, -0.25) is 9.48 Å². The van der Waals surface area contributed by atoms with Crippen molar-refractivity contribution in [3.63, 3.8) is 0 Å². The number of fused-ring (bicyclic) bond motifs is 1. The van der Waals surface area contributed by atoms with Crippen molar-refractivity contribution in [3.05, 3.63) is 57.9 Å². The molecule has 0 bridgehead atoms. The minimum atomic E-state index is -2.96. The Morgan fingerprint density at radius 2 is 2.00 bits per heavy atom. The quantitative estimate of drug-likeness (QED) is 0.776. The Bertz CT molecular complexity index is 1020. The molecular weight excluding hydrogens is 336 g/mol. The zero-order valence-electron chi connectivity index (χ0n) is 14.3. The fourth-order valence-electron chi connectivity index (χ4n) is 3.85. The number of carbonyl (C=O) groups is 1. The van der Waals surface area contributed by atoms with Crippen molar-refractivity contribution in [2.24, 2.45) is 0 Å². The SMILES string of the molecule is Cc1nn(C2CCS(=O)(=O)C2)c(C)c1C=C1Cc2ccccc2C1=O. The van der Waals surface area contributed by atoms with Crippen LogP contribution in [0.5, 0.6) is 0 Å². The minimum absolute atomic E-state index is 0.0746. The average Bonchev–Trinajstić information content (AvgIpc) is 3.18. The third-order valence-electron chi connectivity index (χ3n) is 5.19. The molecule has 5 nitrogen and oxygen atoms in total. The second kappa shape index (κ2) is 5.66. The van der Waals surface area contributed by atoms with E-state index in [9.17, 15) is 13.2 Å². The molecule has 4 rings (SSSR count). The van der Waals surface area contributed by atoms with Gasteiger partial charge in [0.25, 0.3) is 0 Å². The molecular formula is C19H20N2O3S. The van der Waals surface area contributed by atoms with E-state index in [0.717, 1.165) is 33.7 Å². The van der Waals surface area contributed by atoms with Gasteiger partial charge in [-0.2, -0.15) is 5.10 Å². The van der Waals surface area contributed by atoms with E-state index in [2.05, 4.69) is 5.10 Å². The summed E-state index contributed by atoms with van der Waals surface area (Å²) in [6.07, 6.45) is 3.17. The predicted octanol–water partition coefficient (Wildman–Crippen LogP) is 2.68. The lowest BCUT2D eigenvalue weighted by atomic mass is 10.1. The van der Waals surface area contributed by atoms with Gasteiger partial charge in [0.2, 0.25) is 0 Å². The van der Waals surface area contributed by atoms with Gasteiger partial charge in [0.1, 0.15) is 0 Å². The number of rotatable bonds is 2. The van der Waals surface area contributed by atoms with Crippen LogP contribution in [-0.4, -0.2) is 35.5 Å². The van der Waals surface area contributed by atoms with Crippen LogP contribution in [0.25, 0.3) is 6.08 Å². The molecule has 1 fully saturated rings. The number of hydrogen-bond donors (Lipinski definition) is 0. The largest absolute Gasteiger partial charge is 0.289 e. The van der Waals surface area contributed by atoms with Gasteiger partial charge >= 0.3 is 0 Å². The van der Waals surface area contributed by atoms with Crippen molar-refractivity contribution < 1.29 is 13.2 Å². The van der Waals surface area contributed by atoms with Crippen molar-refractivity contribution in [2.45, 2.75) is 32.7 Å². The van der Waals surface area contributed by atoms with Crippen LogP contribution in [0.15, 0.2) is 29.8 Å². The molecule has 1 aromatic heterocycles. The Kier molecular flexibility index (Phi) is 3.68. The Morgan fingerprint density at radius 3 is 2.68 bits per heavy atom. The molecule has 1 unspecified atom stereocenters. The summed E-state index contributed by atoms with van der Waals surface area (Å²) >= 11 is 0. The van der Waals surface area contributed by atoms with E-state index >= 15 is 0 Å². The van der Waals surface area contributed by atoms with Gasteiger partial charge < -0.3 is 0 Å². The molecule has 6 heteroatoms. The van der Waals surface area contributed by atoms with Crippen LogP contribution in [-0.2, 0) is 16.3 Å². The Balaban J connectivity index is 1.70. The number of ketones is 1. The van der Waals surface area contributed by atoms with Crippen molar-refractivity contribution in [2.75, 3.05) is 11.5 Å². The highest BCUT2D eigenvalue weighted by Gasteiger charge is 2.31. The van der Waals surface area contributed by atoms with Gasteiger partial charge in [-0.1, -0.05) is 24.3 Å². The number of benzene rings is 1. The van der Waals surface area contributed by atoms with E-state index in [1.165, 1.54) is 0 Å². The second-order valence-electron chi connectivity index (χ2n) is 6.92. The van der Waals surface area contributed by atoms with Crippen LogP contribution >= 0.6 is 0 Å². The molecule has 2 aromatic rings. The fraction of sp³-hybridized carbons (Fsp3) is 0.368. The van der Waals surface area contributed by atoms with Crippen LogP contribution in [0, 0.1) is 13.8 Å². The lowest BCUT2D eigenvalue weighted by Crippen LogP contribution is -2.14. The van der Waals surface area contributed by atoms with Crippen LogP contribution in [0.1, 0.15) is 45.3 Å². The van der Waals surface area contributed by atoms with Crippen molar-refractivity contribution in [1.29, 1.82) is 0 Å². The zero-order valence-corrected chi connectivity index (χ0v) is 15.1. The number of nitrogens with zero attached hydrogens (tertiary/aromatic N) is 2. The molecule has 1 aromatic carbocycles. The van der Waals surface area contributed by atoms with Crippen molar-refractivity contribution in [1.82, 2.24) is 9.78 Å². The van der Waals surface area contributed by atoms with Crippen LogP contribution < -0.4 is 0 Å². The smallest absolute Gasteiger partial charge is 0.189 e. The molecule has 0 radical (unpaired) electrons. The lowest BCUT2D eigenvalue weighted by Gasteiger charge is -2.11. The summed E-state index contributed by atoms with van der Waals surface area (Å²) < 4.78 is 25.4. The molecule has 2 heterocycles. The first-order valence-electron chi connectivity index (χ1n) is 8.45. The monoisotopic (exact) mass is 356 g/mol. The number of sulfone groups is 1. The molecule has 1 aliphatic carbocycles. The minimum Gasteiger partial charge on any atom is -0.289 e. The highest BCUT2D eigenvalue weighted by atomic mass is 32.2. The van der Waals surface area contributed by atoms with E-state index in [1.807, 2.05) is 48.9 Å². The van der Waals surface area contributed by atoms with E-state index in [0.29, 0.717) is 12.8 Å². The number of aryl methyl sites for hydroxylation is 1. The second-order valence-corrected chi connectivity index (χ2v) is 9.15. The molecule has 0 amide bonds. The standard InChI is InChI=1S/C19H20N2O3S/c1-12-18(10-15-9-14-5-3-4-6-17(14)19(15)22)13(2)21(20-12)16-7-8-25(23,24)11-16/h3-6,10,16H,7-9,11H2,1-2H3. The number of Topliss-reactive ketones (excluding diaryl/α,β-unsaturated/α-hetero) is 1.